The zero-order valence-corrected chi connectivity index (χ0v) is 21.2. The van der Waals surface area contributed by atoms with Crippen LogP contribution in [0.5, 0.6) is 5.75 Å². The maximum Gasteiger partial charge on any atom is 0.339 e. The highest BCUT2D eigenvalue weighted by Crippen LogP contribution is 2.33. The highest BCUT2D eigenvalue weighted by Gasteiger charge is 2.23. The lowest BCUT2D eigenvalue weighted by atomic mass is 9.99. The first-order chi connectivity index (χ1) is 17.8. The summed E-state index contributed by atoms with van der Waals surface area (Å²) in [5, 5.41) is 9.92. The molecule has 1 aromatic carbocycles. The molecule has 0 radical (unpaired) electrons. The number of nitrogens with zero attached hydrogens (tertiary/aromatic N) is 4. The predicted octanol–water partition coefficient (Wildman–Crippen LogP) is 4.25. The Balaban J connectivity index is 1.67. The summed E-state index contributed by atoms with van der Waals surface area (Å²) in [5.41, 5.74) is 2.22. The fourth-order valence-electron chi connectivity index (χ4n) is 4.23. The van der Waals surface area contributed by atoms with Crippen LogP contribution in [0.25, 0.3) is 16.8 Å². The van der Waals surface area contributed by atoms with Gasteiger partial charge in [-0.15, -0.1) is 0 Å². The van der Waals surface area contributed by atoms with E-state index in [1.54, 1.807) is 47.1 Å². The molecule has 0 amide bonds. The number of pyridine rings is 2. The number of Topliss-reactive ketones (excluding diaryl/α,β-unsaturated/α-hetero) is 1. The number of nitriles is 1. The first kappa shape index (κ1) is 25.7. The van der Waals surface area contributed by atoms with Crippen LogP contribution < -0.4 is 10.3 Å². The van der Waals surface area contributed by atoms with Crippen molar-refractivity contribution in [2.45, 2.75) is 25.8 Å². The van der Waals surface area contributed by atoms with E-state index < -0.39 is 17.6 Å². The van der Waals surface area contributed by atoms with Gasteiger partial charge in [-0.05, 0) is 36.8 Å². The van der Waals surface area contributed by atoms with Gasteiger partial charge in [0.25, 0.3) is 5.56 Å². The van der Waals surface area contributed by atoms with Crippen molar-refractivity contribution < 1.29 is 19.1 Å². The van der Waals surface area contributed by atoms with Crippen molar-refractivity contribution in [2.75, 3.05) is 14.2 Å². The third kappa shape index (κ3) is 5.10. The summed E-state index contributed by atoms with van der Waals surface area (Å²) in [7, 11) is 2.75. The lowest BCUT2D eigenvalue weighted by Gasteiger charge is -2.19. The van der Waals surface area contributed by atoms with Gasteiger partial charge in [0.1, 0.15) is 11.4 Å². The lowest BCUT2D eigenvalue weighted by molar-refractivity contribution is -0.121. The minimum Gasteiger partial charge on any atom is -0.495 e. The van der Waals surface area contributed by atoms with Crippen molar-refractivity contribution in [3.05, 3.63) is 87.2 Å². The number of imidazole rings is 1. The van der Waals surface area contributed by atoms with Crippen molar-refractivity contribution in [1.29, 1.82) is 5.26 Å². The summed E-state index contributed by atoms with van der Waals surface area (Å²) >= 11 is 6.13. The molecule has 37 heavy (non-hydrogen) atoms. The van der Waals surface area contributed by atoms with E-state index in [1.165, 1.54) is 31.0 Å². The minimum atomic E-state index is -0.763. The van der Waals surface area contributed by atoms with Gasteiger partial charge >= 0.3 is 5.97 Å². The van der Waals surface area contributed by atoms with Gasteiger partial charge in [0.15, 0.2) is 5.78 Å². The third-order valence-electron chi connectivity index (χ3n) is 6.03. The smallest absolute Gasteiger partial charge is 0.339 e. The van der Waals surface area contributed by atoms with Crippen LogP contribution in [0.15, 0.2) is 59.8 Å². The molecule has 0 bridgehead atoms. The standard InChI is InChI=1S/C27H23ClN4O5/c1-4-22(23(33)10-19-14-31-13-17(27(35)37-3)6-8-25(31)30-19)32-15-24(36-2)21(11-26(32)34)20-9-18(28)7-5-16(20)12-29/h5-9,11,13-15,22H,4,10H2,1-3H3. The molecule has 0 aliphatic rings. The number of halogens is 1. The summed E-state index contributed by atoms with van der Waals surface area (Å²) in [6, 6.07) is 10.7. The number of aromatic nitrogens is 3. The first-order valence-electron chi connectivity index (χ1n) is 11.4. The molecule has 0 aliphatic carbocycles. The number of ether oxygens (including phenoxy) is 2. The molecule has 0 saturated heterocycles. The number of fused-ring (bicyclic) bond motifs is 1. The number of carbonyl (C=O) groups is 2. The fourth-order valence-corrected chi connectivity index (χ4v) is 4.40. The van der Waals surface area contributed by atoms with Gasteiger partial charge in [-0.25, -0.2) is 9.78 Å². The summed E-state index contributed by atoms with van der Waals surface area (Å²) in [6.07, 6.45) is 5.08. The average molecular weight is 519 g/mol. The monoisotopic (exact) mass is 518 g/mol. The Bertz CT molecular complexity index is 1620. The number of benzene rings is 1. The van der Waals surface area contributed by atoms with Gasteiger partial charge in [-0.3, -0.25) is 9.59 Å². The SMILES string of the molecule is CCC(C(=O)Cc1cn2cc(C(=O)OC)ccc2n1)n1cc(OC)c(-c2cc(Cl)ccc2C#N)cc1=O. The van der Waals surface area contributed by atoms with E-state index in [9.17, 15) is 19.6 Å². The summed E-state index contributed by atoms with van der Waals surface area (Å²) in [4.78, 5) is 42.7. The molecule has 9 nitrogen and oxygen atoms in total. The van der Waals surface area contributed by atoms with Gasteiger partial charge in [-0.1, -0.05) is 18.5 Å². The third-order valence-corrected chi connectivity index (χ3v) is 6.26. The maximum atomic E-state index is 13.3. The number of carbonyl (C=O) groups excluding carboxylic acids is 2. The highest BCUT2D eigenvalue weighted by molar-refractivity contribution is 6.31. The van der Waals surface area contributed by atoms with E-state index in [0.717, 1.165) is 0 Å². The van der Waals surface area contributed by atoms with Crippen molar-refractivity contribution in [1.82, 2.24) is 14.0 Å². The molecule has 1 unspecified atom stereocenters. The van der Waals surface area contributed by atoms with Gasteiger partial charge in [0.2, 0.25) is 0 Å². The predicted molar refractivity (Wildman–Crippen MR) is 137 cm³/mol. The molecule has 0 fully saturated rings. The molecule has 10 heteroatoms. The second kappa shape index (κ2) is 10.7. The first-order valence-corrected chi connectivity index (χ1v) is 11.8. The molecular weight excluding hydrogens is 496 g/mol. The Morgan fingerprint density at radius 1 is 1.11 bits per heavy atom. The van der Waals surface area contributed by atoms with Crippen LogP contribution in [0.1, 0.15) is 41.0 Å². The average Bonchev–Trinajstić information content (AvgIpc) is 3.30. The Morgan fingerprint density at radius 3 is 2.57 bits per heavy atom. The number of hydrogen-bond acceptors (Lipinski definition) is 7. The molecular formula is C27H23ClN4O5. The molecule has 4 aromatic rings. The number of ketones is 1. The zero-order valence-electron chi connectivity index (χ0n) is 20.4. The van der Waals surface area contributed by atoms with Crippen LogP contribution in [0.4, 0.5) is 0 Å². The van der Waals surface area contributed by atoms with Crippen molar-refractivity contribution in [3.63, 3.8) is 0 Å². The summed E-state index contributed by atoms with van der Waals surface area (Å²) < 4.78 is 13.3. The van der Waals surface area contributed by atoms with Crippen molar-refractivity contribution in [2.24, 2.45) is 0 Å². The zero-order chi connectivity index (χ0) is 26.7. The summed E-state index contributed by atoms with van der Waals surface area (Å²) in [5.74, 6) is -0.361. The van der Waals surface area contributed by atoms with E-state index >= 15 is 0 Å². The highest BCUT2D eigenvalue weighted by atomic mass is 35.5. The quantitative estimate of drug-likeness (QED) is 0.320. The molecule has 0 N–H and O–H groups in total. The van der Waals surface area contributed by atoms with Crippen molar-refractivity contribution >= 4 is 29.0 Å². The molecule has 0 spiro atoms. The van der Waals surface area contributed by atoms with Crippen molar-refractivity contribution in [3.8, 4) is 22.9 Å². The van der Waals surface area contributed by atoms with E-state index in [2.05, 4.69) is 11.1 Å². The Hall–Kier alpha value is -4.42. The van der Waals surface area contributed by atoms with Crippen LogP contribution >= 0.6 is 11.6 Å². The maximum absolute atomic E-state index is 13.3. The van der Waals surface area contributed by atoms with Crippen LogP contribution in [-0.4, -0.2) is 39.9 Å². The van der Waals surface area contributed by atoms with Crippen LogP contribution in [0.3, 0.4) is 0 Å². The van der Waals surface area contributed by atoms with E-state index in [0.29, 0.717) is 50.8 Å². The molecule has 4 rings (SSSR count). The number of methoxy groups -OCH3 is 2. The largest absolute Gasteiger partial charge is 0.495 e. The van der Waals surface area contributed by atoms with Crippen LogP contribution in [0, 0.1) is 11.3 Å². The normalized spacial score (nSPS) is 11.6. The molecule has 0 saturated carbocycles. The van der Waals surface area contributed by atoms with E-state index in [4.69, 9.17) is 21.1 Å². The fraction of sp³-hybridized carbons (Fsp3) is 0.222. The summed E-state index contributed by atoms with van der Waals surface area (Å²) in [6.45, 7) is 1.81. The van der Waals surface area contributed by atoms with Gasteiger partial charge < -0.3 is 18.4 Å². The number of hydrogen-bond donors (Lipinski definition) is 0. The van der Waals surface area contributed by atoms with E-state index in [-0.39, 0.29) is 12.2 Å². The van der Waals surface area contributed by atoms with E-state index in [1.807, 2.05) is 6.92 Å². The second-order valence-corrected chi connectivity index (χ2v) is 8.71. The number of esters is 1. The molecule has 3 aromatic heterocycles. The lowest BCUT2D eigenvalue weighted by Crippen LogP contribution is -2.30. The van der Waals surface area contributed by atoms with Gasteiger partial charge in [-0.2, -0.15) is 5.26 Å². The van der Waals surface area contributed by atoms with Gasteiger partial charge in [0, 0.05) is 34.6 Å². The second-order valence-electron chi connectivity index (χ2n) is 8.28. The Labute approximate surface area is 217 Å². The Morgan fingerprint density at radius 2 is 1.89 bits per heavy atom. The molecule has 1 atom stereocenters. The Kier molecular flexibility index (Phi) is 7.41. The topological polar surface area (TPSA) is 116 Å². The van der Waals surface area contributed by atoms with Crippen LogP contribution in [-0.2, 0) is 16.0 Å². The molecule has 188 valence electrons. The minimum absolute atomic E-state index is 0.0167. The molecule has 0 aliphatic heterocycles. The van der Waals surface area contributed by atoms with Gasteiger partial charge in [0.05, 0.1) is 55.8 Å². The number of rotatable bonds is 8. The molecule has 3 heterocycles. The van der Waals surface area contributed by atoms with Crippen LogP contribution in [0.2, 0.25) is 5.02 Å².